The van der Waals surface area contributed by atoms with Crippen molar-refractivity contribution in [1.29, 1.82) is 0 Å². The van der Waals surface area contributed by atoms with Crippen LogP contribution in [0.1, 0.15) is 37.3 Å². The Bertz CT molecular complexity index is 1440. The highest BCUT2D eigenvalue weighted by Crippen LogP contribution is 2.25. The maximum atomic E-state index is 13.1. The zero-order chi connectivity index (χ0) is 33.6. The van der Waals surface area contributed by atoms with Crippen molar-refractivity contribution in [1.82, 2.24) is 20.7 Å². The van der Waals surface area contributed by atoms with Gasteiger partial charge in [-0.3, -0.25) is 9.59 Å². The van der Waals surface area contributed by atoms with E-state index in [0.717, 1.165) is 11.1 Å². The second-order valence-electron chi connectivity index (χ2n) is 11.5. The first kappa shape index (κ1) is 34.9. The van der Waals surface area contributed by atoms with Crippen LogP contribution in [0.15, 0.2) is 85.1 Å². The minimum absolute atomic E-state index is 0.0483. The summed E-state index contributed by atoms with van der Waals surface area (Å²) in [7, 11) is 0. The Labute approximate surface area is 273 Å². The van der Waals surface area contributed by atoms with Gasteiger partial charge in [-0.2, -0.15) is 0 Å². The van der Waals surface area contributed by atoms with Gasteiger partial charge in [-0.15, -0.1) is 5.06 Å². The Kier molecular flexibility index (Phi) is 13.1. The number of hydrogen-bond acceptors (Lipinski definition) is 10. The molecule has 250 valence electrons. The van der Waals surface area contributed by atoms with Crippen molar-refractivity contribution >= 4 is 29.8 Å². The number of nitrogens with one attached hydrogen (secondary N) is 3. The molecule has 4 atom stereocenters. The number of aromatic nitrogens is 1. The molecule has 4 rings (SSSR count). The Morgan fingerprint density at radius 2 is 1.68 bits per heavy atom. The lowest BCUT2D eigenvalue weighted by atomic mass is 9.87. The summed E-state index contributed by atoms with van der Waals surface area (Å²) in [4.78, 5) is 59.9. The number of pyridine rings is 1. The first-order chi connectivity index (χ1) is 22.7. The highest BCUT2D eigenvalue weighted by Gasteiger charge is 2.36. The van der Waals surface area contributed by atoms with Crippen LogP contribution in [0.25, 0.3) is 0 Å². The maximum absolute atomic E-state index is 13.1. The van der Waals surface area contributed by atoms with Crippen molar-refractivity contribution in [2.24, 2.45) is 5.92 Å². The molecule has 0 bridgehead atoms. The molecule has 13 heteroatoms. The molecule has 1 saturated heterocycles. The Morgan fingerprint density at radius 1 is 0.979 bits per heavy atom. The number of carbonyl (C=O) groups excluding carboxylic acids is 3. The molecule has 0 saturated carbocycles. The second kappa shape index (κ2) is 17.6. The number of benzene rings is 2. The van der Waals surface area contributed by atoms with Gasteiger partial charge in [0.05, 0.1) is 24.6 Å². The highest BCUT2D eigenvalue weighted by molar-refractivity contribution is 5.89. The van der Waals surface area contributed by atoms with Gasteiger partial charge in [0.15, 0.2) is 0 Å². The number of aliphatic carboxylic acids is 1. The van der Waals surface area contributed by atoms with Crippen LogP contribution in [0, 0.1) is 5.92 Å². The van der Waals surface area contributed by atoms with Crippen LogP contribution >= 0.6 is 0 Å². The quantitative estimate of drug-likeness (QED) is 0.168. The number of rotatable bonds is 16. The molecule has 1 aliphatic heterocycles. The van der Waals surface area contributed by atoms with Crippen molar-refractivity contribution in [3.8, 4) is 0 Å². The van der Waals surface area contributed by atoms with Crippen molar-refractivity contribution in [3.05, 3.63) is 96.2 Å². The smallest absolute Gasteiger partial charge is 0.480 e. The number of amides is 2. The summed E-state index contributed by atoms with van der Waals surface area (Å²) < 4.78 is 11.1. The highest BCUT2D eigenvalue weighted by atomic mass is 16.8. The molecule has 3 aromatic rings. The maximum Gasteiger partial charge on any atom is 0.528 e. The third-order valence-electron chi connectivity index (χ3n) is 7.58. The van der Waals surface area contributed by atoms with Crippen molar-refractivity contribution in [2.75, 3.05) is 31.6 Å². The van der Waals surface area contributed by atoms with E-state index in [0.29, 0.717) is 18.8 Å². The largest absolute Gasteiger partial charge is 0.528 e. The minimum atomic E-state index is -1.34. The Morgan fingerprint density at radius 3 is 2.34 bits per heavy atom. The second-order valence-corrected chi connectivity index (χ2v) is 11.5. The molecule has 0 aliphatic carbocycles. The molecule has 47 heavy (non-hydrogen) atoms. The Balaban J connectivity index is 1.28. The summed E-state index contributed by atoms with van der Waals surface area (Å²) in [6.45, 7) is 3.67. The van der Waals surface area contributed by atoms with Gasteiger partial charge in [-0.25, -0.2) is 14.6 Å². The summed E-state index contributed by atoms with van der Waals surface area (Å²) in [6, 6.07) is 22.1. The van der Waals surface area contributed by atoms with E-state index in [4.69, 9.17) is 14.3 Å². The molecule has 1 fully saturated rings. The van der Waals surface area contributed by atoms with E-state index >= 15 is 0 Å². The molecule has 1 aromatic heterocycles. The van der Waals surface area contributed by atoms with Gasteiger partial charge in [0, 0.05) is 19.3 Å². The van der Waals surface area contributed by atoms with Crippen LogP contribution in [-0.2, 0) is 35.3 Å². The zero-order valence-corrected chi connectivity index (χ0v) is 26.4. The third kappa shape index (κ3) is 11.1. The number of carboxylic acids is 1. The van der Waals surface area contributed by atoms with Gasteiger partial charge in [0.1, 0.15) is 25.1 Å². The number of hydroxylamine groups is 2. The lowest BCUT2D eigenvalue weighted by Crippen LogP contribution is -2.50. The van der Waals surface area contributed by atoms with E-state index in [-0.39, 0.29) is 38.3 Å². The molecule has 2 heterocycles. The van der Waals surface area contributed by atoms with Gasteiger partial charge >= 0.3 is 12.1 Å². The number of carboxylic acid groups (broad SMARTS) is 1. The molecule has 0 radical (unpaired) electrons. The number of carbonyl (C=O) groups is 4. The molecule has 13 nitrogen and oxygen atoms in total. The summed E-state index contributed by atoms with van der Waals surface area (Å²) in [5, 5.41) is 19.5. The van der Waals surface area contributed by atoms with Crippen LogP contribution in [-0.4, -0.2) is 83.5 Å². The number of ether oxygens (including phenoxy) is 2. The average Bonchev–Trinajstić information content (AvgIpc) is 3.45. The lowest BCUT2D eigenvalue weighted by molar-refractivity contribution is -0.144. The predicted molar refractivity (Wildman–Crippen MR) is 172 cm³/mol. The monoisotopic (exact) mass is 647 g/mol. The molecule has 0 spiro atoms. The fourth-order valence-electron chi connectivity index (χ4n) is 5.21. The number of hydrogen-bond donors (Lipinski definition) is 4. The van der Waals surface area contributed by atoms with Gasteiger partial charge in [-0.1, -0.05) is 80.6 Å². The average molecular weight is 648 g/mol. The van der Waals surface area contributed by atoms with E-state index in [1.165, 1.54) is 5.06 Å². The number of nitrogens with zero attached hydrogens (tertiary/aromatic N) is 2. The minimum Gasteiger partial charge on any atom is -0.480 e. The standard InChI is InChI=1S/C34H41N5O8/c1-23(2)31(25-13-7-4-8-14-25)32(41)38-28(33(42)43)19-37-30(40)22-45-27-17-26(18-36-29-15-9-10-16-35-29)39(20-27)47-34(44)46-21-24-11-5-3-6-12-24/h3-16,23,26-28,31H,17-22H2,1-2H3,(H,35,36)(H,37,40)(H,38,41)(H,42,43). The predicted octanol–water partition coefficient (Wildman–Crippen LogP) is 3.35. The van der Waals surface area contributed by atoms with Crippen LogP contribution in [0.3, 0.4) is 0 Å². The summed E-state index contributed by atoms with van der Waals surface area (Å²) in [6.07, 6.45) is 0.723. The fourth-order valence-corrected chi connectivity index (χ4v) is 5.21. The summed E-state index contributed by atoms with van der Waals surface area (Å²) in [5.74, 6) is -2.27. The van der Waals surface area contributed by atoms with E-state index in [9.17, 15) is 24.3 Å². The number of anilines is 1. The molecule has 2 amide bonds. The van der Waals surface area contributed by atoms with E-state index in [2.05, 4.69) is 20.9 Å². The van der Waals surface area contributed by atoms with Crippen LogP contribution < -0.4 is 16.0 Å². The fraction of sp³-hybridized carbons (Fsp3) is 0.382. The molecule has 1 aliphatic rings. The van der Waals surface area contributed by atoms with Crippen LogP contribution in [0.2, 0.25) is 0 Å². The first-order valence-corrected chi connectivity index (χ1v) is 15.5. The van der Waals surface area contributed by atoms with E-state index in [1.54, 1.807) is 12.3 Å². The SMILES string of the molecule is CC(C)C(C(=O)NC(CNC(=O)COC1CC(CNc2ccccn2)N(OC(=O)OCc2ccccc2)C1)C(=O)O)c1ccccc1. The molecule has 4 unspecified atom stereocenters. The van der Waals surface area contributed by atoms with Crippen LogP contribution in [0.5, 0.6) is 0 Å². The van der Waals surface area contributed by atoms with Crippen molar-refractivity contribution < 1.29 is 38.6 Å². The van der Waals surface area contributed by atoms with Gasteiger partial charge in [-0.05, 0) is 35.6 Å². The van der Waals surface area contributed by atoms with Gasteiger partial charge in [0.25, 0.3) is 0 Å². The lowest BCUT2D eigenvalue weighted by Gasteiger charge is -2.23. The normalized spacial score (nSPS) is 17.3. The van der Waals surface area contributed by atoms with E-state index in [1.807, 2.05) is 86.6 Å². The van der Waals surface area contributed by atoms with Gasteiger partial charge < -0.3 is 35.4 Å². The van der Waals surface area contributed by atoms with Gasteiger partial charge in [0.2, 0.25) is 11.8 Å². The Hall–Kier alpha value is -5.01. The summed E-state index contributed by atoms with van der Waals surface area (Å²) in [5.41, 5.74) is 1.58. The molecular formula is C34H41N5O8. The first-order valence-electron chi connectivity index (χ1n) is 15.5. The zero-order valence-electron chi connectivity index (χ0n) is 26.4. The molecule has 4 N–H and O–H groups in total. The molecular weight excluding hydrogens is 606 g/mol. The van der Waals surface area contributed by atoms with Crippen molar-refractivity contribution in [3.63, 3.8) is 0 Å². The van der Waals surface area contributed by atoms with Crippen molar-refractivity contribution in [2.45, 2.75) is 51.0 Å². The third-order valence-corrected chi connectivity index (χ3v) is 7.58. The van der Waals surface area contributed by atoms with E-state index < -0.39 is 42.0 Å². The summed E-state index contributed by atoms with van der Waals surface area (Å²) >= 11 is 0. The molecule has 2 aromatic carbocycles. The van der Waals surface area contributed by atoms with Crippen LogP contribution in [0.4, 0.5) is 10.6 Å². The topological polar surface area (TPSA) is 168 Å².